The summed E-state index contributed by atoms with van der Waals surface area (Å²) in [4.78, 5) is 12.4. The normalized spacial score (nSPS) is 12.2. The van der Waals surface area contributed by atoms with E-state index < -0.39 is 0 Å². The van der Waals surface area contributed by atoms with Crippen LogP contribution < -0.4 is 5.32 Å². The molecule has 0 saturated heterocycles. The molecule has 0 fully saturated rings. The number of carbonyl (C=O) groups excluding carboxylic acids is 1. The van der Waals surface area contributed by atoms with Gasteiger partial charge in [-0.3, -0.25) is 4.79 Å². The molecule has 0 radical (unpaired) electrons. The summed E-state index contributed by atoms with van der Waals surface area (Å²) in [5, 5.41) is 11.7. The van der Waals surface area contributed by atoms with Gasteiger partial charge in [-0.1, -0.05) is 29.5 Å². The molecule has 1 N–H and O–H groups in total. The Morgan fingerprint density at radius 2 is 1.92 bits per heavy atom. The molecule has 0 spiro atoms. The summed E-state index contributed by atoms with van der Waals surface area (Å²) in [5.41, 5.74) is 2.84. The van der Waals surface area contributed by atoms with Gasteiger partial charge in [-0.05, 0) is 39.0 Å². The number of rotatable bonds is 5. The van der Waals surface area contributed by atoms with Gasteiger partial charge in [-0.15, -0.1) is 10.2 Å². The number of thioether (sulfide) groups is 1. The molecule has 7 heteroatoms. The number of nitrogens with one attached hydrogen (secondary N) is 1. The molecule has 0 saturated carbocycles. The lowest BCUT2D eigenvalue weighted by Gasteiger charge is -2.11. The second-order valence-electron chi connectivity index (χ2n) is 5.87. The third-order valence-corrected chi connectivity index (χ3v) is 5.04. The molecule has 25 heavy (non-hydrogen) atoms. The second kappa shape index (κ2) is 7.14. The van der Waals surface area contributed by atoms with Crippen molar-refractivity contribution in [3.05, 3.63) is 47.9 Å². The van der Waals surface area contributed by atoms with E-state index in [9.17, 15) is 4.79 Å². The molecule has 0 aliphatic carbocycles. The molecule has 3 aromatic rings. The van der Waals surface area contributed by atoms with E-state index >= 15 is 0 Å². The van der Waals surface area contributed by atoms with Gasteiger partial charge in [0.2, 0.25) is 5.91 Å². The Morgan fingerprint density at radius 3 is 2.56 bits per heavy atom. The molecule has 1 unspecified atom stereocenters. The average Bonchev–Trinajstić information content (AvgIpc) is 3.16. The number of amides is 1. The van der Waals surface area contributed by atoms with Gasteiger partial charge in [0.05, 0.1) is 17.1 Å². The van der Waals surface area contributed by atoms with Crippen LogP contribution in [0.2, 0.25) is 0 Å². The Labute approximate surface area is 150 Å². The predicted molar refractivity (Wildman–Crippen MR) is 98.6 cm³/mol. The van der Waals surface area contributed by atoms with Crippen molar-refractivity contribution in [2.24, 2.45) is 7.05 Å². The Balaban J connectivity index is 1.69. The van der Waals surface area contributed by atoms with Crippen molar-refractivity contribution in [2.75, 3.05) is 5.32 Å². The quantitative estimate of drug-likeness (QED) is 0.704. The first-order chi connectivity index (χ1) is 12.0. The number of nitrogens with zero attached hydrogens (tertiary/aromatic N) is 3. The van der Waals surface area contributed by atoms with Gasteiger partial charge >= 0.3 is 0 Å². The number of benzene rings is 1. The largest absolute Gasteiger partial charge is 0.469 e. The van der Waals surface area contributed by atoms with E-state index in [-0.39, 0.29) is 11.2 Å². The first-order valence-corrected chi connectivity index (χ1v) is 8.81. The van der Waals surface area contributed by atoms with Gasteiger partial charge in [-0.2, -0.15) is 0 Å². The standard InChI is InChI=1S/C18H20N4O2S/c1-11-5-7-14(8-6-11)19-17(23)13(3)25-18-21-20-16(22(18)4)15-9-10-24-12(15)2/h5-10,13H,1-4H3,(H,19,23). The Bertz CT molecular complexity index is 883. The van der Waals surface area contributed by atoms with Crippen LogP contribution in [-0.4, -0.2) is 25.9 Å². The van der Waals surface area contributed by atoms with Crippen LogP contribution in [0.15, 0.2) is 46.2 Å². The maximum Gasteiger partial charge on any atom is 0.237 e. The maximum atomic E-state index is 12.4. The average molecular weight is 356 g/mol. The van der Waals surface area contributed by atoms with E-state index in [0.717, 1.165) is 28.4 Å². The predicted octanol–water partition coefficient (Wildman–Crippen LogP) is 3.81. The Kier molecular flexibility index (Phi) is 4.94. The molecule has 1 aromatic carbocycles. The highest BCUT2D eigenvalue weighted by Gasteiger charge is 2.20. The van der Waals surface area contributed by atoms with Crippen LogP contribution in [0.4, 0.5) is 5.69 Å². The summed E-state index contributed by atoms with van der Waals surface area (Å²) in [7, 11) is 1.88. The highest BCUT2D eigenvalue weighted by Crippen LogP contribution is 2.28. The highest BCUT2D eigenvalue weighted by atomic mass is 32.2. The van der Waals surface area contributed by atoms with Gasteiger partial charge in [0.15, 0.2) is 11.0 Å². The second-order valence-corrected chi connectivity index (χ2v) is 7.18. The van der Waals surface area contributed by atoms with Crippen LogP contribution in [0.1, 0.15) is 18.2 Å². The topological polar surface area (TPSA) is 73.0 Å². The van der Waals surface area contributed by atoms with Crippen molar-refractivity contribution < 1.29 is 9.21 Å². The van der Waals surface area contributed by atoms with Gasteiger partial charge in [-0.25, -0.2) is 0 Å². The van der Waals surface area contributed by atoms with Crippen molar-refractivity contribution >= 4 is 23.4 Å². The minimum Gasteiger partial charge on any atom is -0.469 e. The maximum absolute atomic E-state index is 12.4. The molecule has 2 heterocycles. The molecule has 1 amide bonds. The minimum atomic E-state index is -0.303. The number of furan rings is 1. The molecular formula is C18H20N4O2S. The lowest BCUT2D eigenvalue weighted by Crippen LogP contribution is -2.22. The number of anilines is 1. The fourth-order valence-electron chi connectivity index (χ4n) is 2.36. The number of carbonyl (C=O) groups is 1. The zero-order valence-electron chi connectivity index (χ0n) is 14.6. The summed E-state index contributed by atoms with van der Waals surface area (Å²) in [5.74, 6) is 1.44. The van der Waals surface area contributed by atoms with E-state index in [1.54, 1.807) is 6.26 Å². The molecule has 130 valence electrons. The molecule has 3 rings (SSSR count). The van der Waals surface area contributed by atoms with E-state index in [1.807, 2.05) is 62.7 Å². The van der Waals surface area contributed by atoms with Gasteiger partial charge in [0.25, 0.3) is 0 Å². The summed E-state index contributed by atoms with van der Waals surface area (Å²) in [6, 6.07) is 9.59. The first kappa shape index (κ1) is 17.3. The SMILES string of the molecule is Cc1ccc(NC(=O)C(C)Sc2nnc(-c3ccoc3C)n2C)cc1. The van der Waals surface area contributed by atoms with Crippen molar-refractivity contribution in [3.63, 3.8) is 0 Å². The molecule has 2 aromatic heterocycles. The molecule has 1 atom stereocenters. The highest BCUT2D eigenvalue weighted by molar-refractivity contribution is 8.00. The molecule has 0 aliphatic rings. The molecular weight excluding hydrogens is 336 g/mol. The minimum absolute atomic E-state index is 0.0714. The molecule has 0 aliphatic heterocycles. The van der Waals surface area contributed by atoms with Crippen LogP contribution in [0, 0.1) is 13.8 Å². The van der Waals surface area contributed by atoms with Crippen molar-refractivity contribution in [3.8, 4) is 11.4 Å². The summed E-state index contributed by atoms with van der Waals surface area (Å²) < 4.78 is 7.20. The van der Waals surface area contributed by atoms with E-state index in [2.05, 4.69) is 15.5 Å². The third-order valence-electron chi connectivity index (χ3n) is 3.91. The van der Waals surface area contributed by atoms with Gasteiger partial charge in [0, 0.05) is 12.7 Å². The van der Waals surface area contributed by atoms with Gasteiger partial charge in [0.1, 0.15) is 5.76 Å². The fourth-order valence-corrected chi connectivity index (χ4v) is 3.18. The summed E-state index contributed by atoms with van der Waals surface area (Å²) in [6.45, 7) is 5.75. The first-order valence-electron chi connectivity index (χ1n) is 7.93. The van der Waals surface area contributed by atoms with Crippen LogP contribution in [0.25, 0.3) is 11.4 Å². The van der Waals surface area contributed by atoms with Crippen LogP contribution in [0.5, 0.6) is 0 Å². The Hall–Kier alpha value is -2.54. The number of hydrogen-bond acceptors (Lipinski definition) is 5. The van der Waals surface area contributed by atoms with Crippen molar-refractivity contribution in [2.45, 2.75) is 31.2 Å². The summed E-state index contributed by atoms with van der Waals surface area (Å²) in [6.07, 6.45) is 1.63. The smallest absolute Gasteiger partial charge is 0.237 e. The van der Waals surface area contributed by atoms with Crippen molar-refractivity contribution in [1.82, 2.24) is 14.8 Å². The third kappa shape index (κ3) is 3.76. The zero-order valence-corrected chi connectivity index (χ0v) is 15.4. The number of aromatic nitrogens is 3. The molecule has 0 bridgehead atoms. The number of aryl methyl sites for hydroxylation is 2. The fraction of sp³-hybridized carbons (Fsp3) is 0.278. The lowest BCUT2D eigenvalue weighted by molar-refractivity contribution is -0.115. The van der Waals surface area contributed by atoms with E-state index in [1.165, 1.54) is 11.8 Å². The van der Waals surface area contributed by atoms with Crippen LogP contribution >= 0.6 is 11.8 Å². The monoisotopic (exact) mass is 356 g/mol. The number of hydrogen-bond donors (Lipinski definition) is 1. The summed E-state index contributed by atoms with van der Waals surface area (Å²) >= 11 is 1.37. The van der Waals surface area contributed by atoms with Crippen molar-refractivity contribution in [1.29, 1.82) is 0 Å². The Morgan fingerprint density at radius 1 is 1.20 bits per heavy atom. The zero-order chi connectivity index (χ0) is 18.0. The van der Waals surface area contributed by atoms with E-state index in [4.69, 9.17) is 4.42 Å². The lowest BCUT2D eigenvalue weighted by atomic mass is 10.2. The molecule has 6 nitrogen and oxygen atoms in total. The van der Waals surface area contributed by atoms with Crippen LogP contribution in [-0.2, 0) is 11.8 Å². The van der Waals surface area contributed by atoms with E-state index in [0.29, 0.717) is 5.16 Å². The van der Waals surface area contributed by atoms with Gasteiger partial charge < -0.3 is 14.3 Å². The van der Waals surface area contributed by atoms with Crippen LogP contribution in [0.3, 0.4) is 0 Å².